The Morgan fingerprint density at radius 3 is 2.86 bits per heavy atom. The van der Waals surface area contributed by atoms with Crippen LogP contribution in [-0.2, 0) is 6.42 Å². The zero-order chi connectivity index (χ0) is 10.1. The second-order valence-corrected chi connectivity index (χ2v) is 4.84. The summed E-state index contributed by atoms with van der Waals surface area (Å²) in [6.45, 7) is 4.34. The maximum atomic E-state index is 5.15. The summed E-state index contributed by atoms with van der Waals surface area (Å²) in [6, 6.07) is 1.97. The van der Waals surface area contributed by atoms with Crippen LogP contribution in [0.5, 0.6) is 0 Å². The summed E-state index contributed by atoms with van der Waals surface area (Å²) < 4.78 is 0.725. The van der Waals surface area contributed by atoms with Gasteiger partial charge < -0.3 is 4.98 Å². The molecule has 14 heavy (non-hydrogen) atoms. The number of aromatic nitrogens is 2. The Bertz CT molecular complexity index is 377. The Morgan fingerprint density at radius 2 is 2.29 bits per heavy atom. The Kier molecular flexibility index (Phi) is 2.68. The van der Waals surface area contributed by atoms with Crippen molar-refractivity contribution in [2.45, 2.75) is 39.0 Å². The fourth-order valence-corrected chi connectivity index (χ4v) is 1.77. The van der Waals surface area contributed by atoms with E-state index in [1.165, 1.54) is 18.5 Å². The second kappa shape index (κ2) is 3.81. The fraction of sp³-hybridized carbons (Fsp3) is 0.636. The molecule has 0 saturated heterocycles. The number of rotatable bonds is 3. The van der Waals surface area contributed by atoms with Crippen LogP contribution in [0.25, 0.3) is 0 Å². The van der Waals surface area contributed by atoms with E-state index in [0.29, 0.717) is 5.92 Å². The van der Waals surface area contributed by atoms with Crippen molar-refractivity contribution in [3.8, 4) is 0 Å². The molecule has 2 nitrogen and oxygen atoms in total. The topological polar surface area (TPSA) is 28.7 Å². The van der Waals surface area contributed by atoms with E-state index in [1.807, 2.05) is 6.07 Å². The summed E-state index contributed by atoms with van der Waals surface area (Å²) in [5, 5.41) is 0. The van der Waals surface area contributed by atoms with Gasteiger partial charge in [0.25, 0.3) is 0 Å². The van der Waals surface area contributed by atoms with E-state index >= 15 is 0 Å². The third-order valence-electron chi connectivity index (χ3n) is 2.61. The molecule has 1 N–H and O–H groups in total. The Labute approximate surface area is 89.8 Å². The SMILES string of the molecule is CC(C)c1cc(=S)nc(CC2CC2)[nH]1. The Hall–Kier alpha value is -0.700. The van der Waals surface area contributed by atoms with Gasteiger partial charge >= 0.3 is 0 Å². The molecule has 0 aliphatic heterocycles. The molecule has 1 heterocycles. The van der Waals surface area contributed by atoms with Gasteiger partial charge in [-0.05, 0) is 30.7 Å². The molecule has 0 spiro atoms. The molecule has 0 atom stereocenters. The number of aromatic amines is 1. The molecule has 76 valence electrons. The maximum absolute atomic E-state index is 5.15. The van der Waals surface area contributed by atoms with E-state index in [2.05, 4.69) is 23.8 Å². The lowest BCUT2D eigenvalue weighted by atomic mass is 10.1. The predicted octanol–water partition coefficient (Wildman–Crippen LogP) is 3.22. The highest BCUT2D eigenvalue weighted by Crippen LogP contribution is 2.31. The van der Waals surface area contributed by atoms with Crippen molar-refractivity contribution in [3.05, 3.63) is 22.2 Å². The van der Waals surface area contributed by atoms with Crippen molar-refractivity contribution < 1.29 is 0 Å². The summed E-state index contributed by atoms with van der Waals surface area (Å²) in [7, 11) is 0. The highest BCUT2D eigenvalue weighted by molar-refractivity contribution is 7.71. The minimum atomic E-state index is 0.498. The lowest BCUT2D eigenvalue weighted by Crippen LogP contribution is -2.02. The first-order valence-corrected chi connectivity index (χ1v) is 5.66. The van der Waals surface area contributed by atoms with Gasteiger partial charge in [0.15, 0.2) is 0 Å². The molecule has 0 amide bonds. The Balaban J connectivity index is 2.25. The van der Waals surface area contributed by atoms with Gasteiger partial charge in [0.1, 0.15) is 10.5 Å². The minimum absolute atomic E-state index is 0.498. The van der Waals surface area contributed by atoms with E-state index in [1.54, 1.807) is 0 Å². The van der Waals surface area contributed by atoms with E-state index in [-0.39, 0.29) is 0 Å². The summed E-state index contributed by atoms with van der Waals surface area (Å²) in [6.07, 6.45) is 3.78. The maximum Gasteiger partial charge on any atom is 0.129 e. The molecular formula is C11H16N2S. The first-order chi connectivity index (χ1) is 6.65. The molecular weight excluding hydrogens is 192 g/mol. The smallest absolute Gasteiger partial charge is 0.129 e. The van der Waals surface area contributed by atoms with Gasteiger partial charge in [-0.2, -0.15) is 0 Å². The van der Waals surface area contributed by atoms with E-state index in [4.69, 9.17) is 12.2 Å². The molecule has 1 aromatic heterocycles. The van der Waals surface area contributed by atoms with Crippen molar-refractivity contribution in [3.63, 3.8) is 0 Å². The average Bonchev–Trinajstić information content (AvgIpc) is 2.87. The molecule has 0 unspecified atom stereocenters. The summed E-state index contributed by atoms with van der Waals surface area (Å²) in [5.41, 5.74) is 1.21. The summed E-state index contributed by atoms with van der Waals surface area (Å²) in [5.74, 6) is 2.43. The molecule has 1 fully saturated rings. The van der Waals surface area contributed by atoms with Crippen LogP contribution in [0.3, 0.4) is 0 Å². The zero-order valence-electron chi connectivity index (χ0n) is 8.71. The standard InChI is InChI=1S/C11H16N2S/c1-7(2)9-6-11(14)13-10(12-9)5-8-3-4-8/h6-8H,3-5H2,1-2H3,(H,12,13,14). The van der Waals surface area contributed by atoms with Gasteiger partial charge in [0.2, 0.25) is 0 Å². The van der Waals surface area contributed by atoms with Crippen molar-refractivity contribution in [1.29, 1.82) is 0 Å². The van der Waals surface area contributed by atoms with Gasteiger partial charge in [0, 0.05) is 12.1 Å². The number of H-pyrrole nitrogens is 1. The van der Waals surface area contributed by atoms with Gasteiger partial charge in [-0.1, -0.05) is 26.1 Å². The number of hydrogen-bond donors (Lipinski definition) is 1. The first-order valence-electron chi connectivity index (χ1n) is 5.25. The monoisotopic (exact) mass is 208 g/mol. The molecule has 0 bridgehead atoms. The molecule has 0 aromatic carbocycles. The van der Waals surface area contributed by atoms with Crippen LogP contribution in [0, 0.1) is 10.6 Å². The predicted molar refractivity (Wildman–Crippen MR) is 59.9 cm³/mol. The highest BCUT2D eigenvalue weighted by atomic mass is 32.1. The lowest BCUT2D eigenvalue weighted by molar-refractivity contribution is 0.730. The largest absolute Gasteiger partial charge is 0.347 e. The Morgan fingerprint density at radius 1 is 1.57 bits per heavy atom. The molecule has 3 heteroatoms. The molecule has 1 aromatic rings. The van der Waals surface area contributed by atoms with Crippen LogP contribution < -0.4 is 0 Å². The average molecular weight is 208 g/mol. The van der Waals surface area contributed by atoms with E-state index in [9.17, 15) is 0 Å². The molecule has 0 radical (unpaired) electrons. The van der Waals surface area contributed by atoms with Gasteiger partial charge in [-0.25, -0.2) is 4.98 Å². The number of nitrogens with one attached hydrogen (secondary N) is 1. The first kappa shape index (κ1) is 9.84. The van der Waals surface area contributed by atoms with Crippen LogP contribution in [0.1, 0.15) is 44.1 Å². The number of nitrogens with zero attached hydrogens (tertiary/aromatic N) is 1. The van der Waals surface area contributed by atoms with Crippen molar-refractivity contribution >= 4 is 12.2 Å². The summed E-state index contributed by atoms with van der Waals surface area (Å²) >= 11 is 5.15. The molecule has 2 rings (SSSR count). The molecule has 1 saturated carbocycles. The van der Waals surface area contributed by atoms with E-state index in [0.717, 1.165) is 22.8 Å². The van der Waals surface area contributed by atoms with Gasteiger partial charge in [-0.3, -0.25) is 0 Å². The quantitative estimate of drug-likeness (QED) is 0.773. The normalized spacial score (nSPS) is 16.2. The fourth-order valence-electron chi connectivity index (χ4n) is 1.53. The van der Waals surface area contributed by atoms with Crippen LogP contribution in [0.2, 0.25) is 0 Å². The second-order valence-electron chi connectivity index (χ2n) is 4.42. The van der Waals surface area contributed by atoms with Gasteiger partial charge in [-0.15, -0.1) is 0 Å². The van der Waals surface area contributed by atoms with Crippen molar-refractivity contribution in [1.82, 2.24) is 9.97 Å². The van der Waals surface area contributed by atoms with Crippen LogP contribution in [-0.4, -0.2) is 9.97 Å². The minimum Gasteiger partial charge on any atom is -0.347 e. The number of hydrogen-bond acceptors (Lipinski definition) is 2. The van der Waals surface area contributed by atoms with Crippen LogP contribution >= 0.6 is 12.2 Å². The lowest BCUT2D eigenvalue weighted by Gasteiger charge is -2.07. The third-order valence-corrected chi connectivity index (χ3v) is 2.82. The van der Waals surface area contributed by atoms with Crippen LogP contribution in [0.4, 0.5) is 0 Å². The van der Waals surface area contributed by atoms with Gasteiger partial charge in [0.05, 0.1) is 0 Å². The van der Waals surface area contributed by atoms with E-state index < -0.39 is 0 Å². The van der Waals surface area contributed by atoms with Crippen LogP contribution in [0.15, 0.2) is 6.07 Å². The molecule has 1 aliphatic rings. The van der Waals surface area contributed by atoms with Crippen molar-refractivity contribution in [2.24, 2.45) is 5.92 Å². The molecule has 1 aliphatic carbocycles. The zero-order valence-corrected chi connectivity index (χ0v) is 9.53. The third kappa shape index (κ3) is 2.41. The summed E-state index contributed by atoms with van der Waals surface area (Å²) in [4.78, 5) is 7.73. The highest BCUT2D eigenvalue weighted by Gasteiger charge is 2.22. The van der Waals surface area contributed by atoms with Crippen molar-refractivity contribution in [2.75, 3.05) is 0 Å².